The van der Waals surface area contributed by atoms with Crippen molar-refractivity contribution in [3.63, 3.8) is 0 Å². The van der Waals surface area contributed by atoms with Gasteiger partial charge in [-0.1, -0.05) is 124 Å². The zero-order chi connectivity index (χ0) is 33.8. The predicted molar refractivity (Wildman–Crippen MR) is 195 cm³/mol. The van der Waals surface area contributed by atoms with E-state index >= 15 is 0 Å². The Bertz CT molecular complexity index is 627. The Hall–Kier alpha value is -1.14. The smallest absolute Gasteiger partial charge is 0.306 e. The topological polar surface area (TPSA) is 76.1 Å². The minimum atomic E-state index is -0.0379. The number of ether oxygens (including phenoxy) is 2. The first kappa shape index (κ1) is 44.9. The molecule has 0 fully saturated rings. The number of hydrogen-bond donors (Lipinski definition) is 1. The molecule has 6 heteroatoms. The summed E-state index contributed by atoms with van der Waals surface area (Å²) in [5.41, 5.74) is 0. The molecule has 46 heavy (non-hydrogen) atoms. The Labute approximate surface area is 286 Å². The molecule has 0 aromatic rings. The van der Waals surface area contributed by atoms with Crippen molar-refractivity contribution in [2.75, 3.05) is 32.8 Å². The van der Waals surface area contributed by atoms with E-state index in [4.69, 9.17) is 9.47 Å². The third kappa shape index (κ3) is 32.8. The lowest BCUT2D eigenvalue weighted by atomic mass is 10.0. The number of rotatable bonds is 37. The molecule has 0 rings (SSSR count). The van der Waals surface area contributed by atoms with Crippen molar-refractivity contribution in [1.29, 1.82) is 0 Å². The fourth-order valence-electron chi connectivity index (χ4n) is 6.12. The molecule has 0 aliphatic rings. The zero-order valence-electron chi connectivity index (χ0n) is 31.1. The lowest BCUT2D eigenvalue weighted by molar-refractivity contribution is -0.150. The second-order valence-corrected chi connectivity index (χ2v) is 13.8. The molecular formula is C40H79NO5. The molecule has 0 aliphatic heterocycles. The van der Waals surface area contributed by atoms with Crippen LogP contribution in [-0.4, -0.2) is 60.9 Å². The van der Waals surface area contributed by atoms with Crippen LogP contribution in [0.1, 0.15) is 207 Å². The van der Waals surface area contributed by atoms with Gasteiger partial charge in [0.05, 0.1) is 6.61 Å². The summed E-state index contributed by atoms with van der Waals surface area (Å²) in [4.78, 5) is 27.1. The summed E-state index contributed by atoms with van der Waals surface area (Å²) in [7, 11) is 0. The van der Waals surface area contributed by atoms with Crippen LogP contribution in [0.3, 0.4) is 0 Å². The minimum Gasteiger partial charge on any atom is -0.466 e. The van der Waals surface area contributed by atoms with Gasteiger partial charge in [-0.2, -0.15) is 0 Å². The van der Waals surface area contributed by atoms with Gasteiger partial charge in [0.15, 0.2) is 0 Å². The first-order valence-electron chi connectivity index (χ1n) is 20.3. The number of esters is 2. The van der Waals surface area contributed by atoms with Gasteiger partial charge in [-0.25, -0.2) is 0 Å². The quantitative estimate of drug-likeness (QED) is 0.0531. The van der Waals surface area contributed by atoms with Crippen molar-refractivity contribution in [2.45, 2.75) is 213 Å². The summed E-state index contributed by atoms with van der Waals surface area (Å²) in [6.07, 6.45) is 32.4. The van der Waals surface area contributed by atoms with E-state index in [0.717, 1.165) is 90.3 Å². The Morgan fingerprint density at radius 2 is 0.913 bits per heavy atom. The molecule has 0 amide bonds. The van der Waals surface area contributed by atoms with Crippen LogP contribution in [0.2, 0.25) is 0 Å². The molecule has 0 aromatic heterocycles. The maximum atomic E-state index is 12.8. The molecule has 0 aliphatic carbocycles. The molecule has 0 unspecified atom stereocenters. The van der Waals surface area contributed by atoms with Gasteiger partial charge < -0.3 is 19.5 Å². The summed E-state index contributed by atoms with van der Waals surface area (Å²) >= 11 is 0. The van der Waals surface area contributed by atoms with Gasteiger partial charge in [0.2, 0.25) is 0 Å². The monoisotopic (exact) mass is 654 g/mol. The third-order valence-electron chi connectivity index (χ3n) is 9.16. The van der Waals surface area contributed by atoms with E-state index in [-0.39, 0.29) is 24.6 Å². The first-order chi connectivity index (χ1) is 22.6. The highest BCUT2D eigenvalue weighted by Crippen LogP contribution is 2.18. The van der Waals surface area contributed by atoms with Gasteiger partial charge in [0.25, 0.3) is 0 Å². The molecule has 0 saturated heterocycles. The first-order valence-corrected chi connectivity index (χ1v) is 20.3. The summed E-state index contributed by atoms with van der Waals surface area (Å²) in [5, 5.41) is 9.25. The summed E-state index contributed by atoms with van der Waals surface area (Å²) < 4.78 is 11.3. The molecule has 0 bridgehead atoms. The fourth-order valence-corrected chi connectivity index (χ4v) is 6.12. The van der Waals surface area contributed by atoms with Crippen molar-refractivity contribution in [3.8, 4) is 0 Å². The SMILES string of the molecule is CCCCCCCCC(CCCCCCCC)OC(=O)CCCCN(CCCCO)CCCCCCCCC(=O)OCCCCC. The van der Waals surface area contributed by atoms with Gasteiger partial charge in [-0.15, -0.1) is 0 Å². The molecule has 274 valence electrons. The largest absolute Gasteiger partial charge is 0.466 e. The van der Waals surface area contributed by atoms with Crippen LogP contribution in [0.5, 0.6) is 0 Å². The van der Waals surface area contributed by atoms with E-state index in [2.05, 4.69) is 25.7 Å². The molecule has 0 atom stereocenters. The molecule has 0 heterocycles. The van der Waals surface area contributed by atoms with Crippen LogP contribution in [0, 0.1) is 0 Å². The Kier molecular flexibility index (Phi) is 35.8. The van der Waals surface area contributed by atoms with E-state index in [1.54, 1.807) is 0 Å². The molecule has 1 N–H and O–H groups in total. The van der Waals surface area contributed by atoms with Crippen LogP contribution >= 0.6 is 0 Å². The number of aliphatic hydroxyl groups excluding tert-OH is 1. The van der Waals surface area contributed by atoms with Gasteiger partial charge >= 0.3 is 11.9 Å². The van der Waals surface area contributed by atoms with Crippen LogP contribution in [0.15, 0.2) is 0 Å². The predicted octanol–water partition coefficient (Wildman–Crippen LogP) is 11.1. The number of aliphatic hydroxyl groups is 1. The van der Waals surface area contributed by atoms with E-state index in [0.29, 0.717) is 19.4 Å². The van der Waals surface area contributed by atoms with Crippen molar-refractivity contribution in [2.24, 2.45) is 0 Å². The number of nitrogens with zero attached hydrogens (tertiary/aromatic N) is 1. The average molecular weight is 654 g/mol. The van der Waals surface area contributed by atoms with E-state index < -0.39 is 0 Å². The molecule has 0 radical (unpaired) electrons. The third-order valence-corrected chi connectivity index (χ3v) is 9.16. The lowest BCUT2D eigenvalue weighted by Gasteiger charge is -2.22. The maximum absolute atomic E-state index is 12.8. The zero-order valence-corrected chi connectivity index (χ0v) is 31.1. The van der Waals surface area contributed by atoms with E-state index in [1.165, 1.54) is 103 Å². The Morgan fingerprint density at radius 3 is 1.48 bits per heavy atom. The highest BCUT2D eigenvalue weighted by atomic mass is 16.5. The lowest BCUT2D eigenvalue weighted by Crippen LogP contribution is -2.27. The maximum Gasteiger partial charge on any atom is 0.306 e. The van der Waals surface area contributed by atoms with Crippen molar-refractivity contribution < 1.29 is 24.2 Å². The number of hydrogen-bond acceptors (Lipinski definition) is 6. The van der Waals surface area contributed by atoms with Crippen molar-refractivity contribution >= 4 is 11.9 Å². The molecule has 0 saturated carbocycles. The van der Waals surface area contributed by atoms with E-state index in [1.807, 2.05) is 0 Å². The van der Waals surface area contributed by atoms with Crippen LogP contribution in [0.25, 0.3) is 0 Å². The van der Waals surface area contributed by atoms with Crippen LogP contribution in [0.4, 0.5) is 0 Å². The van der Waals surface area contributed by atoms with Gasteiger partial charge in [-0.3, -0.25) is 9.59 Å². The van der Waals surface area contributed by atoms with E-state index in [9.17, 15) is 14.7 Å². The Morgan fingerprint density at radius 1 is 0.500 bits per heavy atom. The molecular weight excluding hydrogens is 574 g/mol. The van der Waals surface area contributed by atoms with Crippen LogP contribution < -0.4 is 0 Å². The molecule has 0 spiro atoms. The Balaban J connectivity index is 4.27. The van der Waals surface area contributed by atoms with Gasteiger partial charge in [0.1, 0.15) is 6.10 Å². The summed E-state index contributed by atoms with van der Waals surface area (Å²) in [6, 6.07) is 0. The van der Waals surface area contributed by atoms with Crippen molar-refractivity contribution in [1.82, 2.24) is 4.90 Å². The number of carbonyl (C=O) groups is 2. The summed E-state index contributed by atoms with van der Waals surface area (Å²) in [6.45, 7) is 10.6. The van der Waals surface area contributed by atoms with Gasteiger partial charge in [-0.05, 0) is 90.3 Å². The second-order valence-electron chi connectivity index (χ2n) is 13.8. The van der Waals surface area contributed by atoms with Crippen LogP contribution in [-0.2, 0) is 19.1 Å². The molecule has 6 nitrogen and oxygen atoms in total. The highest BCUT2D eigenvalue weighted by molar-refractivity contribution is 5.69. The number of carbonyl (C=O) groups excluding carboxylic acids is 2. The highest BCUT2D eigenvalue weighted by Gasteiger charge is 2.15. The second kappa shape index (κ2) is 36.7. The molecule has 0 aromatic carbocycles. The summed E-state index contributed by atoms with van der Waals surface area (Å²) in [5.74, 6) is -0.0393. The van der Waals surface area contributed by atoms with Crippen molar-refractivity contribution in [3.05, 3.63) is 0 Å². The van der Waals surface area contributed by atoms with Gasteiger partial charge in [0, 0.05) is 19.4 Å². The average Bonchev–Trinajstić information content (AvgIpc) is 3.05. The number of unbranched alkanes of at least 4 members (excludes halogenated alkanes) is 19. The standard InChI is InChI=1S/C40H79NO5/c1-4-7-10-12-16-20-29-38(30-21-17-13-11-8-5-2)46-40(44)32-23-25-34-41(35-26-27-36-42)33-24-19-15-14-18-22-31-39(43)45-37-28-9-6-3/h38,42H,4-37H2,1-3H3. The normalized spacial score (nSPS) is 11.5. The minimum absolute atomic E-state index is 0.00134. The fraction of sp³-hybridized carbons (Fsp3) is 0.950.